The van der Waals surface area contributed by atoms with Crippen LogP contribution in [0.4, 0.5) is 0 Å². The largest absolute Gasteiger partial charge is 0.468 e. The van der Waals surface area contributed by atoms with Gasteiger partial charge in [0.1, 0.15) is 6.04 Å². The number of methoxy groups -OCH3 is 1. The van der Waals surface area contributed by atoms with E-state index in [0.29, 0.717) is 5.75 Å². The molecule has 104 valence electrons. The van der Waals surface area contributed by atoms with Gasteiger partial charge in [0.15, 0.2) is 0 Å². The lowest BCUT2D eigenvalue weighted by molar-refractivity contribution is -0.142. The van der Waals surface area contributed by atoms with Gasteiger partial charge in [-0.3, -0.25) is 14.3 Å². The van der Waals surface area contributed by atoms with Crippen molar-refractivity contribution in [3.8, 4) is 0 Å². The van der Waals surface area contributed by atoms with E-state index in [1.807, 2.05) is 38.1 Å². The fourth-order valence-corrected chi connectivity index (χ4v) is 3.69. The highest BCUT2D eigenvalue weighted by Gasteiger charge is 2.36. The number of rotatable bonds is 2. The second-order valence-corrected chi connectivity index (χ2v) is 6.72. The lowest BCUT2D eigenvalue weighted by Gasteiger charge is -2.34. The molecule has 1 aliphatic heterocycles. The van der Waals surface area contributed by atoms with Crippen molar-refractivity contribution in [2.45, 2.75) is 31.2 Å². The minimum atomic E-state index is -1.04. The van der Waals surface area contributed by atoms with Crippen LogP contribution in [0.1, 0.15) is 24.1 Å². The normalized spacial score (nSPS) is 30.9. The fraction of sp³-hybridized carbons (Fsp3) is 0.500. The molecule has 0 spiro atoms. The number of nitrogens with one attached hydrogen (secondary N) is 1. The minimum Gasteiger partial charge on any atom is -0.468 e. The average molecular weight is 281 g/mol. The summed E-state index contributed by atoms with van der Waals surface area (Å²) in [5.41, 5.74) is 2.23. The third-order valence-electron chi connectivity index (χ3n) is 3.52. The van der Waals surface area contributed by atoms with E-state index in [-0.39, 0.29) is 17.3 Å². The predicted octanol–water partition coefficient (Wildman–Crippen LogP) is 1.32. The maximum Gasteiger partial charge on any atom is 0.323 e. The van der Waals surface area contributed by atoms with Crippen molar-refractivity contribution < 1.29 is 13.7 Å². The number of carbonyl (C=O) groups excluding carboxylic acids is 1. The molecule has 0 aliphatic carbocycles. The van der Waals surface area contributed by atoms with Gasteiger partial charge in [-0.25, -0.2) is 0 Å². The first-order valence-corrected chi connectivity index (χ1v) is 7.68. The Bertz CT molecular complexity index is 486. The molecule has 0 amide bonds. The molecule has 0 bridgehead atoms. The van der Waals surface area contributed by atoms with Crippen molar-refractivity contribution in [2.75, 3.05) is 12.9 Å². The Kier molecular flexibility index (Phi) is 4.37. The van der Waals surface area contributed by atoms with Crippen LogP contribution in [0.3, 0.4) is 0 Å². The molecule has 1 saturated heterocycles. The van der Waals surface area contributed by atoms with Gasteiger partial charge in [-0.05, 0) is 19.4 Å². The zero-order valence-corrected chi connectivity index (χ0v) is 12.2. The molecular weight excluding hydrogens is 262 g/mol. The SMILES string of the molecule is COC(=O)C1CS(=O)C(C)C(c2ccc(C)cc2)N1. The molecule has 1 N–H and O–H groups in total. The van der Waals surface area contributed by atoms with Gasteiger partial charge in [-0.2, -0.15) is 0 Å². The maximum atomic E-state index is 12.1. The molecule has 4 atom stereocenters. The number of benzene rings is 1. The van der Waals surface area contributed by atoms with E-state index in [1.54, 1.807) is 0 Å². The van der Waals surface area contributed by atoms with Crippen LogP contribution in [0.25, 0.3) is 0 Å². The third kappa shape index (κ3) is 3.04. The first-order chi connectivity index (χ1) is 9.02. The van der Waals surface area contributed by atoms with Gasteiger partial charge in [-0.15, -0.1) is 0 Å². The highest BCUT2D eigenvalue weighted by molar-refractivity contribution is 7.85. The zero-order valence-electron chi connectivity index (χ0n) is 11.4. The number of esters is 1. The lowest BCUT2D eigenvalue weighted by atomic mass is 10.0. The molecule has 4 nitrogen and oxygen atoms in total. The summed E-state index contributed by atoms with van der Waals surface area (Å²) in [7, 11) is 0.317. The van der Waals surface area contributed by atoms with Crippen molar-refractivity contribution in [3.05, 3.63) is 35.4 Å². The van der Waals surface area contributed by atoms with Crippen LogP contribution in [0.15, 0.2) is 24.3 Å². The van der Waals surface area contributed by atoms with Crippen LogP contribution in [0.2, 0.25) is 0 Å². The summed E-state index contributed by atoms with van der Waals surface area (Å²) in [6, 6.07) is 7.50. The maximum absolute atomic E-state index is 12.1. The van der Waals surface area contributed by atoms with E-state index in [1.165, 1.54) is 12.7 Å². The van der Waals surface area contributed by atoms with Crippen LogP contribution in [-0.2, 0) is 20.3 Å². The molecule has 4 unspecified atom stereocenters. The van der Waals surface area contributed by atoms with Crippen LogP contribution in [0.5, 0.6) is 0 Å². The Labute approximate surface area is 116 Å². The summed E-state index contributed by atoms with van der Waals surface area (Å²) in [4.78, 5) is 11.6. The Morgan fingerprint density at radius 3 is 2.58 bits per heavy atom. The Hall–Kier alpha value is -1.20. The first kappa shape index (κ1) is 14.2. The van der Waals surface area contributed by atoms with Crippen molar-refractivity contribution in [3.63, 3.8) is 0 Å². The number of carbonyl (C=O) groups is 1. The number of hydrogen-bond acceptors (Lipinski definition) is 4. The Morgan fingerprint density at radius 2 is 2.00 bits per heavy atom. The molecule has 1 fully saturated rings. The Balaban J connectivity index is 2.24. The molecule has 1 aromatic rings. The van der Waals surface area contributed by atoms with Gasteiger partial charge >= 0.3 is 5.97 Å². The van der Waals surface area contributed by atoms with Crippen LogP contribution in [-0.4, -0.2) is 34.3 Å². The van der Waals surface area contributed by atoms with Gasteiger partial charge < -0.3 is 4.74 Å². The zero-order chi connectivity index (χ0) is 14.0. The molecule has 2 rings (SSSR count). The minimum absolute atomic E-state index is 0.0244. The second-order valence-electron chi connectivity index (χ2n) is 4.88. The van der Waals surface area contributed by atoms with E-state index < -0.39 is 16.8 Å². The molecule has 1 aliphatic rings. The summed E-state index contributed by atoms with van der Waals surface area (Å²) < 4.78 is 16.9. The van der Waals surface area contributed by atoms with Crippen molar-refractivity contribution in [1.29, 1.82) is 0 Å². The van der Waals surface area contributed by atoms with Gasteiger partial charge in [-0.1, -0.05) is 29.8 Å². The highest BCUT2D eigenvalue weighted by atomic mass is 32.2. The molecule has 0 aromatic heterocycles. The molecule has 0 saturated carbocycles. The third-order valence-corrected chi connectivity index (χ3v) is 5.28. The number of ether oxygens (including phenoxy) is 1. The molecular formula is C14H19NO3S. The fourth-order valence-electron chi connectivity index (χ4n) is 2.29. The van der Waals surface area contributed by atoms with Crippen LogP contribution < -0.4 is 5.32 Å². The van der Waals surface area contributed by atoms with Gasteiger partial charge in [0.05, 0.1) is 18.1 Å². The van der Waals surface area contributed by atoms with Gasteiger partial charge in [0, 0.05) is 16.8 Å². The van der Waals surface area contributed by atoms with Crippen LogP contribution >= 0.6 is 0 Å². The molecule has 19 heavy (non-hydrogen) atoms. The van der Waals surface area contributed by atoms with Crippen molar-refractivity contribution in [1.82, 2.24) is 5.32 Å². The molecule has 1 aromatic carbocycles. The molecule has 0 radical (unpaired) electrons. The van der Waals surface area contributed by atoms with Gasteiger partial charge in [0.2, 0.25) is 0 Å². The summed E-state index contributed by atoms with van der Waals surface area (Å²) in [6.07, 6.45) is 0. The van der Waals surface area contributed by atoms with Crippen LogP contribution in [0, 0.1) is 6.92 Å². The van der Waals surface area contributed by atoms with E-state index >= 15 is 0 Å². The lowest BCUT2D eigenvalue weighted by Crippen LogP contribution is -2.53. The van der Waals surface area contributed by atoms with E-state index in [4.69, 9.17) is 4.74 Å². The summed E-state index contributed by atoms with van der Waals surface area (Å²) in [5.74, 6) is -0.0340. The summed E-state index contributed by atoms with van der Waals surface area (Å²) in [5, 5.41) is 3.23. The highest BCUT2D eigenvalue weighted by Crippen LogP contribution is 2.26. The van der Waals surface area contributed by atoms with E-state index in [0.717, 1.165) is 5.56 Å². The summed E-state index contributed by atoms with van der Waals surface area (Å²) >= 11 is 0. The molecule has 1 heterocycles. The average Bonchev–Trinajstić information content (AvgIpc) is 2.42. The summed E-state index contributed by atoms with van der Waals surface area (Å²) in [6.45, 7) is 3.97. The standard InChI is InChI=1S/C14H19NO3S/c1-9-4-6-11(7-5-9)13-10(2)19(17)8-12(15-13)14(16)18-3/h4-7,10,12-13,15H,8H2,1-3H3. The topological polar surface area (TPSA) is 55.4 Å². The smallest absolute Gasteiger partial charge is 0.323 e. The number of aryl methyl sites for hydroxylation is 1. The van der Waals surface area contributed by atoms with Gasteiger partial charge in [0.25, 0.3) is 0 Å². The second kappa shape index (κ2) is 5.84. The number of hydrogen-bond donors (Lipinski definition) is 1. The predicted molar refractivity (Wildman–Crippen MR) is 75.3 cm³/mol. The van der Waals surface area contributed by atoms with E-state index in [9.17, 15) is 9.00 Å². The Morgan fingerprint density at radius 1 is 1.37 bits per heavy atom. The first-order valence-electron chi connectivity index (χ1n) is 6.30. The quantitative estimate of drug-likeness (QED) is 0.831. The monoisotopic (exact) mass is 281 g/mol. The molecule has 5 heteroatoms. The van der Waals surface area contributed by atoms with E-state index in [2.05, 4.69) is 5.32 Å². The van der Waals surface area contributed by atoms with Crippen molar-refractivity contribution >= 4 is 16.8 Å². The van der Waals surface area contributed by atoms with Crippen molar-refractivity contribution in [2.24, 2.45) is 0 Å².